The molecule has 1 N–H and O–H groups in total. The van der Waals surface area contributed by atoms with Crippen LogP contribution in [-0.2, 0) is 26.2 Å². The van der Waals surface area contributed by atoms with Crippen LogP contribution in [0.25, 0.3) is 0 Å². The monoisotopic (exact) mass is 573 g/mol. The fraction of sp³-hybridized carbons (Fsp3) is 0.440. The van der Waals surface area contributed by atoms with Gasteiger partial charge >= 0.3 is 0 Å². The Labute approximate surface area is 227 Å². The minimum atomic E-state index is -3.89. The lowest BCUT2D eigenvalue weighted by Crippen LogP contribution is -2.53. The molecule has 1 saturated carbocycles. The van der Waals surface area contributed by atoms with Gasteiger partial charge in [0.15, 0.2) is 0 Å². The molecule has 0 spiro atoms. The largest absolute Gasteiger partial charge is 0.352 e. The summed E-state index contributed by atoms with van der Waals surface area (Å²) in [4.78, 5) is 28.4. The van der Waals surface area contributed by atoms with Crippen LogP contribution < -0.4 is 9.62 Å². The van der Waals surface area contributed by atoms with Gasteiger partial charge in [0.05, 0.1) is 11.9 Å². The van der Waals surface area contributed by atoms with E-state index in [4.69, 9.17) is 34.8 Å². The first-order chi connectivity index (χ1) is 17.0. The van der Waals surface area contributed by atoms with Crippen LogP contribution in [0.2, 0.25) is 15.1 Å². The van der Waals surface area contributed by atoms with Crippen molar-refractivity contribution in [1.82, 2.24) is 10.2 Å². The molecule has 1 aliphatic carbocycles. The fourth-order valence-corrected chi connectivity index (χ4v) is 5.94. The van der Waals surface area contributed by atoms with Crippen molar-refractivity contribution in [2.75, 3.05) is 17.1 Å². The van der Waals surface area contributed by atoms with E-state index in [1.54, 1.807) is 24.3 Å². The van der Waals surface area contributed by atoms with Gasteiger partial charge in [-0.2, -0.15) is 0 Å². The Bertz CT molecular complexity index is 1180. The van der Waals surface area contributed by atoms with E-state index in [1.165, 1.54) is 23.1 Å². The quantitative estimate of drug-likeness (QED) is 0.418. The van der Waals surface area contributed by atoms with Crippen LogP contribution in [0, 0.1) is 0 Å². The van der Waals surface area contributed by atoms with Crippen LogP contribution >= 0.6 is 34.8 Å². The molecular weight excluding hydrogens is 545 g/mol. The third kappa shape index (κ3) is 7.51. The van der Waals surface area contributed by atoms with Crippen molar-refractivity contribution < 1.29 is 18.0 Å². The molecule has 0 aromatic heterocycles. The third-order valence-corrected chi connectivity index (χ3v) is 8.15. The standard InChI is InChI=1S/C25H30Cl3N3O4S/c1-3-23(25(33)29-20-9-5-6-10-20)30(15-17-8-4-7-11-22(17)28)24(32)16-31(36(2,34)35)21-13-18(26)12-19(27)14-21/h4,7-8,11-14,20,23H,3,5-6,9-10,15-16H2,1-2H3,(H,29,33)/t23-/m0/s1. The first-order valence-corrected chi connectivity index (χ1v) is 14.7. The number of carbonyl (C=O) groups excluding carboxylic acids is 2. The molecule has 1 fully saturated rings. The van der Waals surface area contributed by atoms with Gasteiger partial charge < -0.3 is 10.2 Å². The predicted octanol–water partition coefficient (Wildman–Crippen LogP) is 5.28. The molecular formula is C25H30Cl3N3O4S. The third-order valence-electron chi connectivity index (χ3n) is 6.20. The predicted molar refractivity (Wildman–Crippen MR) is 145 cm³/mol. The molecule has 2 aromatic rings. The summed E-state index contributed by atoms with van der Waals surface area (Å²) in [7, 11) is -3.89. The molecule has 0 unspecified atom stereocenters. The maximum atomic E-state index is 13.7. The van der Waals surface area contributed by atoms with Gasteiger partial charge in [-0.3, -0.25) is 13.9 Å². The zero-order chi connectivity index (χ0) is 26.5. The highest BCUT2D eigenvalue weighted by Gasteiger charge is 2.33. The van der Waals surface area contributed by atoms with E-state index < -0.39 is 28.5 Å². The summed E-state index contributed by atoms with van der Waals surface area (Å²) in [6.45, 7) is 1.33. The molecule has 0 bridgehead atoms. The van der Waals surface area contributed by atoms with E-state index >= 15 is 0 Å². The second kappa shape index (κ2) is 12.5. The number of halogens is 3. The van der Waals surface area contributed by atoms with E-state index in [0.29, 0.717) is 17.0 Å². The summed E-state index contributed by atoms with van der Waals surface area (Å²) < 4.78 is 26.3. The summed E-state index contributed by atoms with van der Waals surface area (Å²) in [6, 6.07) is 10.6. The van der Waals surface area contributed by atoms with Gasteiger partial charge in [0.2, 0.25) is 21.8 Å². The zero-order valence-corrected chi connectivity index (χ0v) is 23.3. The van der Waals surface area contributed by atoms with Gasteiger partial charge in [0, 0.05) is 27.7 Å². The number of nitrogens with one attached hydrogen (secondary N) is 1. The number of carbonyl (C=O) groups is 2. The summed E-state index contributed by atoms with van der Waals surface area (Å²) in [5.41, 5.74) is 0.806. The van der Waals surface area contributed by atoms with Crippen LogP contribution in [0.15, 0.2) is 42.5 Å². The van der Waals surface area contributed by atoms with Crippen LogP contribution in [-0.4, -0.2) is 50.0 Å². The molecule has 7 nitrogen and oxygen atoms in total. The molecule has 3 rings (SSSR count). The number of nitrogens with zero attached hydrogens (tertiary/aromatic N) is 2. The van der Waals surface area contributed by atoms with Crippen LogP contribution in [0.1, 0.15) is 44.6 Å². The van der Waals surface area contributed by atoms with Crippen molar-refractivity contribution in [3.8, 4) is 0 Å². The smallest absolute Gasteiger partial charge is 0.244 e. The Morgan fingerprint density at radius 2 is 1.67 bits per heavy atom. The molecule has 11 heteroatoms. The van der Waals surface area contributed by atoms with Gasteiger partial charge in [-0.15, -0.1) is 0 Å². The first-order valence-electron chi connectivity index (χ1n) is 11.8. The van der Waals surface area contributed by atoms with E-state index in [0.717, 1.165) is 36.2 Å². The summed E-state index contributed by atoms with van der Waals surface area (Å²) in [5, 5.41) is 3.97. The molecule has 2 aromatic carbocycles. The molecule has 0 saturated heterocycles. The van der Waals surface area contributed by atoms with E-state index in [9.17, 15) is 18.0 Å². The first kappa shape index (κ1) is 28.6. The van der Waals surface area contributed by atoms with Gasteiger partial charge in [-0.25, -0.2) is 8.42 Å². The van der Waals surface area contributed by atoms with Crippen LogP contribution in [0.3, 0.4) is 0 Å². The van der Waals surface area contributed by atoms with E-state index in [1.807, 2.05) is 6.92 Å². The molecule has 196 valence electrons. The second-order valence-corrected chi connectivity index (χ2v) is 12.1. The SMILES string of the molecule is CC[C@@H](C(=O)NC1CCCC1)N(Cc1ccccc1Cl)C(=O)CN(c1cc(Cl)cc(Cl)c1)S(C)(=O)=O. The molecule has 1 aliphatic rings. The highest BCUT2D eigenvalue weighted by Crippen LogP contribution is 2.28. The number of amides is 2. The minimum Gasteiger partial charge on any atom is -0.352 e. The molecule has 0 aliphatic heterocycles. The Kier molecular flexibility index (Phi) is 9.92. The van der Waals surface area contributed by atoms with Crippen molar-refractivity contribution in [3.05, 3.63) is 63.1 Å². The fourth-order valence-electron chi connectivity index (χ4n) is 4.39. The number of rotatable bonds is 10. The number of hydrogen-bond donors (Lipinski definition) is 1. The molecule has 2 amide bonds. The Morgan fingerprint density at radius 3 is 2.22 bits per heavy atom. The zero-order valence-electron chi connectivity index (χ0n) is 20.2. The normalized spacial score (nSPS) is 14.9. The second-order valence-electron chi connectivity index (χ2n) is 8.92. The van der Waals surface area contributed by atoms with Crippen molar-refractivity contribution >= 4 is 62.3 Å². The van der Waals surface area contributed by atoms with E-state index in [-0.39, 0.29) is 34.2 Å². The van der Waals surface area contributed by atoms with Crippen molar-refractivity contribution in [2.45, 2.75) is 57.7 Å². The van der Waals surface area contributed by atoms with Crippen molar-refractivity contribution in [3.63, 3.8) is 0 Å². The highest BCUT2D eigenvalue weighted by molar-refractivity contribution is 7.92. The maximum absolute atomic E-state index is 13.7. The average molecular weight is 575 g/mol. The average Bonchev–Trinajstić information content (AvgIpc) is 3.30. The number of benzene rings is 2. The number of anilines is 1. The van der Waals surface area contributed by atoms with Gasteiger partial charge in [0.1, 0.15) is 12.6 Å². The lowest BCUT2D eigenvalue weighted by atomic mass is 10.1. The molecule has 0 radical (unpaired) electrons. The Balaban J connectivity index is 1.95. The molecule has 1 atom stereocenters. The van der Waals surface area contributed by atoms with Gasteiger partial charge in [-0.1, -0.05) is 72.8 Å². The van der Waals surface area contributed by atoms with Crippen molar-refractivity contribution in [1.29, 1.82) is 0 Å². The topological polar surface area (TPSA) is 86.8 Å². The van der Waals surface area contributed by atoms with Crippen LogP contribution in [0.4, 0.5) is 5.69 Å². The molecule has 0 heterocycles. The molecule has 36 heavy (non-hydrogen) atoms. The number of hydrogen-bond acceptors (Lipinski definition) is 4. The minimum absolute atomic E-state index is 0.0446. The lowest BCUT2D eigenvalue weighted by molar-refractivity contribution is -0.140. The lowest BCUT2D eigenvalue weighted by Gasteiger charge is -2.33. The summed E-state index contributed by atoms with van der Waals surface area (Å²) in [6.07, 6.45) is 5.25. The van der Waals surface area contributed by atoms with Crippen LogP contribution in [0.5, 0.6) is 0 Å². The summed E-state index contributed by atoms with van der Waals surface area (Å²) in [5.74, 6) is -0.814. The van der Waals surface area contributed by atoms with E-state index in [2.05, 4.69) is 5.32 Å². The highest BCUT2D eigenvalue weighted by atomic mass is 35.5. The summed E-state index contributed by atoms with van der Waals surface area (Å²) >= 11 is 18.6. The Morgan fingerprint density at radius 1 is 1.06 bits per heavy atom. The van der Waals surface area contributed by atoms with Gasteiger partial charge in [0.25, 0.3) is 0 Å². The van der Waals surface area contributed by atoms with Crippen molar-refractivity contribution in [2.24, 2.45) is 0 Å². The maximum Gasteiger partial charge on any atom is 0.244 e. The Hall–Kier alpha value is -2.00. The van der Waals surface area contributed by atoms with Gasteiger partial charge in [-0.05, 0) is 49.1 Å². The number of sulfonamides is 1.